The average Bonchev–Trinajstić information content (AvgIpc) is 2.35. The van der Waals surface area contributed by atoms with Crippen LogP contribution in [0.1, 0.15) is 43.5 Å². The van der Waals surface area contributed by atoms with Gasteiger partial charge in [0.25, 0.3) is 5.91 Å². The van der Waals surface area contributed by atoms with Gasteiger partial charge in [-0.25, -0.2) is 0 Å². The minimum Gasteiger partial charge on any atom is -0.383 e. The number of anilines is 1. The van der Waals surface area contributed by atoms with Crippen molar-refractivity contribution in [2.75, 3.05) is 19.4 Å². The average molecular weight is 248 g/mol. The van der Waals surface area contributed by atoms with E-state index < -0.39 is 0 Å². The first-order chi connectivity index (χ1) is 8.54. The fraction of sp³-hybridized carbons (Fsp3) is 0.533. The van der Waals surface area contributed by atoms with E-state index in [9.17, 15) is 4.79 Å². The van der Waals surface area contributed by atoms with E-state index in [2.05, 4.69) is 19.2 Å². The summed E-state index contributed by atoms with van der Waals surface area (Å²) in [6.45, 7) is 4.37. The Morgan fingerprint density at radius 3 is 2.72 bits per heavy atom. The van der Waals surface area contributed by atoms with Gasteiger partial charge in [-0.2, -0.15) is 0 Å². The van der Waals surface area contributed by atoms with Gasteiger partial charge in [0.2, 0.25) is 0 Å². The summed E-state index contributed by atoms with van der Waals surface area (Å²) in [5, 5.41) is 3.44. The highest BCUT2D eigenvalue weighted by Gasteiger charge is 2.09. The van der Waals surface area contributed by atoms with Crippen LogP contribution < -0.4 is 5.32 Å². The third-order valence-electron chi connectivity index (χ3n) is 2.92. The summed E-state index contributed by atoms with van der Waals surface area (Å²) in [7, 11) is 3.54. The van der Waals surface area contributed by atoms with Crippen LogP contribution in [0.2, 0.25) is 0 Å². The third kappa shape index (κ3) is 4.40. The van der Waals surface area contributed by atoms with Crippen LogP contribution in [0.5, 0.6) is 0 Å². The normalized spacial score (nSPS) is 12.0. The molecule has 0 aromatic heterocycles. The fourth-order valence-electron chi connectivity index (χ4n) is 1.87. The van der Waals surface area contributed by atoms with E-state index in [1.807, 2.05) is 24.3 Å². The van der Waals surface area contributed by atoms with E-state index in [1.54, 1.807) is 19.0 Å². The maximum Gasteiger partial charge on any atom is 0.253 e. The number of unbranched alkanes of at least 4 members (excludes halogenated alkanes) is 1. The maximum absolute atomic E-state index is 11.9. The second-order valence-corrected chi connectivity index (χ2v) is 4.97. The van der Waals surface area contributed by atoms with Gasteiger partial charge in [0.1, 0.15) is 0 Å². The Morgan fingerprint density at radius 2 is 2.11 bits per heavy atom. The minimum absolute atomic E-state index is 0.0415. The molecule has 0 radical (unpaired) electrons. The van der Waals surface area contributed by atoms with Crippen LogP contribution in [0.3, 0.4) is 0 Å². The van der Waals surface area contributed by atoms with Crippen LogP contribution in [-0.2, 0) is 0 Å². The summed E-state index contributed by atoms with van der Waals surface area (Å²) in [5.74, 6) is 0.0415. The molecule has 0 spiro atoms. The fourth-order valence-corrected chi connectivity index (χ4v) is 1.87. The summed E-state index contributed by atoms with van der Waals surface area (Å²) in [4.78, 5) is 13.4. The quantitative estimate of drug-likeness (QED) is 0.837. The number of carbonyl (C=O) groups is 1. The molecule has 1 amide bonds. The van der Waals surface area contributed by atoms with Gasteiger partial charge in [-0.3, -0.25) is 4.79 Å². The van der Waals surface area contributed by atoms with Crippen molar-refractivity contribution < 1.29 is 4.79 Å². The molecule has 3 heteroatoms. The smallest absolute Gasteiger partial charge is 0.253 e. The molecule has 1 unspecified atom stereocenters. The Morgan fingerprint density at radius 1 is 1.39 bits per heavy atom. The third-order valence-corrected chi connectivity index (χ3v) is 2.92. The van der Waals surface area contributed by atoms with Crippen molar-refractivity contribution in [3.05, 3.63) is 29.8 Å². The Balaban J connectivity index is 2.67. The lowest BCUT2D eigenvalue weighted by molar-refractivity contribution is 0.0827. The molecule has 1 N–H and O–H groups in total. The molecule has 0 aliphatic rings. The number of carbonyl (C=O) groups excluding carboxylic acids is 1. The molecule has 18 heavy (non-hydrogen) atoms. The Labute approximate surface area is 110 Å². The van der Waals surface area contributed by atoms with E-state index in [0.717, 1.165) is 17.7 Å². The maximum atomic E-state index is 11.9. The molecule has 1 atom stereocenters. The van der Waals surface area contributed by atoms with Crippen LogP contribution in [0.4, 0.5) is 5.69 Å². The zero-order valence-corrected chi connectivity index (χ0v) is 11.9. The number of nitrogens with one attached hydrogen (secondary N) is 1. The molecule has 0 saturated carbocycles. The second-order valence-electron chi connectivity index (χ2n) is 4.97. The zero-order valence-electron chi connectivity index (χ0n) is 11.9. The summed E-state index contributed by atoms with van der Waals surface area (Å²) in [5.41, 5.74) is 1.75. The van der Waals surface area contributed by atoms with Crippen molar-refractivity contribution in [1.29, 1.82) is 0 Å². The summed E-state index contributed by atoms with van der Waals surface area (Å²) in [6.07, 6.45) is 3.60. The van der Waals surface area contributed by atoms with Crippen molar-refractivity contribution >= 4 is 11.6 Å². The van der Waals surface area contributed by atoms with Crippen molar-refractivity contribution in [3.63, 3.8) is 0 Å². The van der Waals surface area contributed by atoms with Gasteiger partial charge in [-0.05, 0) is 31.5 Å². The molecule has 0 heterocycles. The predicted molar refractivity (Wildman–Crippen MR) is 77.1 cm³/mol. The Kier molecular flexibility index (Phi) is 5.69. The Hall–Kier alpha value is -1.51. The highest BCUT2D eigenvalue weighted by atomic mass is 16.2. The van der Waals surface area contributed by atoms with Crippen LogP contribution in [-0.4, -0.2) is 30.9 Å². The second kappa shape index (κ2) is 7.04. The Bertz CT molecular complexity index is 388. The molecule has 0 bridgehead atoms. The SMILES string of the molecule is CCCCC(C)Nc1cccc(C(=O)N(C)C)c1. The predicted octanol–water partition coefficient (Wildman–Crippen LogP) is 3.38. The molecule has 0 fully saturated rings. The summed E-state index contributed by atoms with van der Waals surface area (Å²) < 4.78 is 0. The molecular weight excluding hydrogens is 224 g/mol. The summed E-state index contributed by atoms with van der Waals surface area (Å²) >= 11 is 0. The van der Waals surface area contributed by atoms with Crippen molar-refractivity contribution in [1.82, 2.24) is 4.90 Å². The minimum atomic E-state index is 0.0415. The van der Waals surface area contributed by atoms with Crippen LogP contribution in [0.15, 0.2) is 24.3 Å². The lowest BCUT2D eigenvalue weighted by Gasteiger charge is -2.16. The largest absolute Gasteiger partial charge is 0.383 e. The highest BCUT2D eigenvalue weighted by Crippen LogP contribution is 2.14. The molecule has 1 rings (SSSR count). The van der Waals surface area contributed by atoms with Gasteiger partial charge in [0, 0.05) is 31.4 Å². The van der Waals surface area contributed by atoms with Gasteiger partial charge in [0.15, 0.2) is 0 Å². The zero-order chi connectivity index (χ0) is 13.5. The standard InChI is InChI=1S/C15H24N2O/c1-5-6-8-12(2)16-14-10-7-9-13(11-14)15(18)17(3)4/h7,9-12,16H,5-6,8H2,1-4H3. The first-order valence-corrected chi connectivity index (χ1v) is 6.62. The first-order valence-electron chi connectivity index (χ1n) is 6.62. The molecule has 0 saturated heterocycles. The molecule has 1 aromatic rings. The van der Waals surface area contributed by atoms with Crippen LogP contribution >= 0.6 is 0 Å². The van der Waals surface area contributed by atoms with E-state index in [1.165, 1.54) is 12.8 Å². The van der Waals surface area contributed by atoms with Crippen molar-refractivity contribution in [3.8, 4) is 0 Å². The van der Waals surface area contributed by atoms with Crippen LogP contribution in [0.25, 0.3) is 0 Å². The number of benzene rings is 1. The monoisotopic (exact) mass is 248 g/mol. The van der Waals surface area contributed by atoms with Gasteiger partial charge in [-0.15, -0.1) is 0 Å². The van der Waals surface area contributed by atoms with Crippen LogP contribution in [0, 0.1) is 0 Å². The molecule has 1 aromatic carbocycles. The van der Waals surface area contributed by atoms with Gasteiger partial charge < -0.3 is 10.2 Å². The number of hydrogen-bond donors (Lipinski definition) is 1. The molecular formula is C15H24N2O. The van der Waals surface area contributed by atoms with Gasteiger partial charge >= 0.3 is 0 Å². The molecule has 0 aliphatic carbocycles. The highest BCUT2D eigenvalue weighted by molar-refractivity contribution is 5.94. The number of nitrogens with zero attached hydrogens (tertiary/aromatic N) is 1. The molecule has 100 valence electrons. The van der Waals surface area contributed by atoms with Gasteiger partial charge in [0.05, 0.1) is 0 Å². The molecule has 3 nitrogen and oxygen atoms in total. The topological polar surface area (TPSA) is 32.3 Å². The van der Waals surface area contributed by atoms with E-state index >= 15 is 0 Å². The van der Waals surface area contributed by atoms with E-state index in [-0.39, 0.29) is 5.91 Å². The van der Waals surface area contributed by atoms with Gasteiger partial charge in [-0.1, -0.05) is 25.8 Å². The lowest BCUT2D eigenvalue weighted by Crippen LogP contribution is -2.22. The van der Waals surface area contributed by atoms with Crippen molar-refractivity contribution in [2.24, 2.45) is 0 Å². The number of amides is 1. The molecule has 0 aliphatic heterocycles. The number of hydrogen-bond acceptors (Lipinski definition) is 2. The van der Waals surface area contributed by atoms with Crippen molar-refractivity contribution in [2.45, 2.75) is 39.2 Å². The first kappa shape index (κ1) is 14.6. The number of rotatable bonds is 6. The van der Waals surface area contributed by atoms with E-state index in [0.29, 0.717) is 6.04 Å². The van der Waals surface area contributed by atoms with E-state index in [4.69, 9.17) is 0 Å². The summed E-state index contributed by atoms with van der Waals surface area (Å²) in [6, 6.07) is 8.14. The lowest BCUT2D eigenvalue weighted by atomic mass is 10.1.